The molecule has 3 aromatic carbocycles. The van der Waals surface area contributed by atoms with Crippen LogP contribution in [-0.4, -0.2) is 22.5 Å². The summed E-state index contributed by atoms with van der Waals surface area (Å²) in [7, 11) is 0. The third kappa shape index (κ3) is 6.53. The summed E-state index contributed by atoms with van der Waals surface area (Å²) in [5, 5.41) is 25.3. The van der Waals surface area contributed by atoms with Crippen LogP contribution in [0.3, 0.4) is 0 Å². The molecule has 3 aromatic rings. The summed E-state index contributed by atoms with van der Waals surface area (Å²) in [4.78, 5) is 37.4. The third-order valence-corrected chi connectivity index (χ3v) is 5.26. The van der Waals surface area contributed by atoms with Gasteiger partial charge in [0.05, 0.1) is 22.3 Å². The van der Waals surface area contributed by atoms with Crippen molar-refractivity contribution in [3.05, 3.63) is 106 Å². The smallest absolute Gasteiger partial charge is 0.276 e. The fourth-order valence-electron chi connectivity index (χ4n) is 2.82. The number of hydrogen-bond acceptors (Lipinski definition) is 6. The largest absolute Gasteiger partial charge is 0.321 e. The Morgan fingerprint density at radius 3 is 2.33 bits per heavy atom. The molecule has 2 N–H and O–H groups in total. The molecule has 0 aliphatic heterocycles. The number of carbonyl (C=O) groups excluding carboxylic acids is 2. The number of thioether (sulfide) groups is 1. The number of carbonyl (C=O) groups is 2. The van der Waals surface area contributed by atoms with Gasteiger partial charge >= 0.3 is 0 Å². The van der Waals surface area contributed by atoms with E-state index in [9.17, 15) is 19.7 Å². The van der Waals surface area contributed by atoms with E-state index in [1.165, 1.54) is 36.0 Å². The van der Waals surface area contributed by atoms with Gasteiger partial charge in [0.1, 0.15) is 5.70 Å². The molecular weight excluding hydrogens is 440 g/mol. The van der Waals surface area contributed by atoms with Crippen LogP contribution in [-0.2, 0) is 4.79 Å². The van der Waals surface area contributed by atoms with Crippen LogP contribution in [0.15, 0.2) is 89.5 Å². The number of benzene rings is 3. The fourth-order valence-corrected chi connectivity index (χ4v) is 3.38. The van der Waals surface area contributed by atoms with Gasteiger partial charge in [-0.15, -0.1) is 11.8 Å². The van der Waals surface area contributed by atoms with Gasteiger partial charge in [-0.2, -0.15) is 5.26 Å². The van der Waals surface area contributed by atoms with E-state index in [-0.39, 0.29) is 16.9 Å². The Morgan fingerprint density at radius 1 is 1.00 bits per heavy atom. The summed E-state index contributed by atoms with van der Waals surface area (Å²) >= 11 is 1.36. The maximum absolute atomic E-state index is 13.0. The van der Waals surface area contributed by atoms with E-state index in [2.05, 4.69) is 10.6 Å². The molecule has 0 fully saturated rings. The predicted octanol–water partition coefficient (Wildman–Crippen LogP) is 4.62. The Labute approximate surface area is 194 Å². The first-order valence-electron chi connectivity index (χ1n) is 9.70. The average molecular weight is 458 g/mol. The first-order chi connectivity index (χ1) is 16.0. The van der Waals surface area contributed by atoms with Crippen molar-refractivity contribution in [2.45, 2.75) is 4.90 Å². The molecule has 2 amide bonds. The lowest BCUT2D eigenvalue weighted by atomic mass is 10.1. The predicted molar refractivity (Wildman–Crippen MR) is 126 cm³/mol. The van der Waals surface area contributed by atoms with Crippen LogP contribution in [0.2, 0.25) is 0 Å². The molecule has 0 saturated carbocycles. The molecule has 0 heterocycles. The summed E-state index contributed by atoms with van der Waals surface area (Å²) in [6.07, 6.45) is 1.27. The standard InChI is InChI=1S/C24H18N4O4S/c25-14-15-33-20-12-10-19(11-13-20)26-24(30)21(27-23(29)17-6-2-1-3-7-17)16-18-8-4-5-9-22(18)28(31)32/h1-13,16H,15H2,(H,26,30)(H,27,29)/b21-16+. The van der Waals surface area contributed by atoms with Gasteiger partial charge in [-0.1, -0.05) is 30.3 Å². The van der Waals surface area contributed by atoms with Crippen LogP contribution in [0.5, 0.6) is 0 Å². The highest BCUT2D eigenvalue weighted by Crippen LogP contribution is 2.22. The van der Waals surface area contributed by atoms with Gasteiger partial charge in [-0.05, 0) is 48.5 Å². The molecular formula is C24H18N4O4S. The van der Waals surface area contributed by atoms with Crippen LogP contribution in [0.25, 0.3) is 6.08 Å². The molecule has 9 heteroatoms. The average Bonchev–Trinajstić information content (AvgIpc) is 2.83. The lowest BCUT2D eigenvalue weighted by molar-refractivity contribution is -0.385. The zero-order chi connectivity index (χ0) is 23.6. The zero-order valence-electron chi connectivity index (χ0n) is 17.2. The highest BCUT2D eigenvalue weighted by Gasteiger charge is 2.18. The minimum absolute atomic E-state index is 0.152. The number of nitriles is 1. The Balaban J connectivity index is 1.89. The molecule has 164 valence electrons. The molecule has 0 atom stereocenters. The van der Waals surface area contributed by atoms with Crippen LogP contribution in [0.1, 0.15) is 15.9 Å². The van der Waals surface area contributed by atoms with Crippen LogP contribution in [0.4, 0.5) is 11.4 Å². The SMILES string of the molecule is N#CCSc1ccc(NC(=O)/C(=C\c2ccccc2[N+](=O)[O-])NC(=O)c2ccccc2)cc1. The molecule has 33 heavy (non-hydrogen) atoms. The van der Waals surface area contributed by atoms with Crippen molar-refractivity contribution >= 4 is 41.0 Å². The number of nitrogens with zero attached hydrogens (tertiary/aromatic N) is 2. The lowest BCUT2D eigenvalue weighted by Crippen LogP contribution is -2.30. The van der Waals surface area contributed by atoms with Crippen LogP contribution in [0, 0.1) is 21.4 Å². The van der Waals surface area contributed by atoms with Crippen molar-refractivity contribution in [2.24, 2.45) is 0 Å². The Hall–Kier alpha value is -4.42. The first-order valence-corrected chi connectivity index (χ1v) is 10.7. The number of rotatable bonds is 8. The van der Waals surface area contributed by atoms with Gasteiger partial charge in [0.15, 0.2) is 0 Å². The van der Waals surface area contributed by atoms with E-state index in [1.807, 2.05) is 6.07 Å². The molecule has 0 aromatic heterocycles. The molecule has 0 aliphatic rings. The van der Waals surface area contributed by atoms with Crippen molar-refractivity contribution in [3.8, 4) is 6.07 Å². The fraction of sp³-hybridized carbons (Fsp3) is 0.0417. The van der Waals surface area contributed by atoms with Gasteiger partial charge in [-0.3, -0.25) is 19.7 Å². The topological polar surface area (TPSA) is 125 Å². The molecule has 8 nitrogen and oxygen atoms in total. The number of amides is 2. The molecule has 0 radical (unpaired) electrons. The number of para-hydroxylation sites is 1. The molecule has 0 saturated heterocycles. The van der Waals surface area contributed by atoms with Gasteiger partial charge < -0.3 is 10.6 Å². The Bertz CT molecular complexity index is 1240. The molecule has 0 bridgehead atoms. The summed E-state index contributed by atoms with van der Waals surface area (Å²) in [6.45, 7) is 0. The van der Waals surface area contributed by atoms with E-state index in [0.29, 0.717) is 17.0 Å². The maximum Gasteiger partial charge on any atom is 0.276 e. The van der Waals surface area contributed by atoms with Crippen molar-refractivity contribution in [3.63, 3.8) is 0 Å². The monoisotopic (exact) mass is 458 g/mol. The normalized spacial score (nSPS) is 10.7. The highest BCUT2D eigenvalue weighted by molar-refractivity contribution is 7.99. The van der Waals surface area contributed by atoms with E-state index in [1.54, 1.807) is 60.7 Å². The number of anilines is 1. The Kier molecular flexibility index (Phi) is 7.94. The highest BCUT2D eigenvalue weighted by atomic mass is 32.2. The minimum Gasteiger partial charge on any atom is -0.321 e. The third-order valence-electron chi connectivity index (χ3n) is 4.38. The molecule has 0 aliphatic carbocycles. The summed E-state index contributed by atoms with van der Waals surface area (Å²) < 4.78 is 0. The van der Waals surface area contributed by atoms with Crippen LogP contribution >= 0.6 is 11.8 Å². The number of nitro benzene ring substituents is 1. The van der Waals surface area contributed by atoms with Crippen molar-refractivity contribution in [1.29, 1.82) is 5.26 Å². The number of hydrogen-bond donors (Lipinski definition) is 2. The summed E-state index contributed by atoms with van der Waals surface area (Å²) in [6, 6.07) is 23.1. The second-order valence-electron chi connectivity index (χ2n) is 6.62. The Morgan fingerprint density at radius 2 is 1.67 bits per heavy atom. The first kappa shape index (κ1) is 23.2. The molecule has 0 unspecified atom stereocenters. The van der Waals surface area contributed by atoms with E-state index >= 15 is 0 Å². The molecule has 3 rings (SSSR count). The summed E-state index contributed by atoms with van der Waals surface area (Å²) in [5.74, 6) is -0.867. The maximum atomic E-state index is 13.0. The van der Waals surface area contributed by atoms with Crippen molar-refractivity contribution in [2.75, 3.05) is 11.1 Å². The second-order valence-corrected chi connectivity index (χ2v) is 7.67. The van der Waals surface area contributed by atoms with E-state index in [0.717, 1.165) is 4.90 Å². The molecule has 0 spiro atoms. The number of nitro groups is 1. The zero-order valence-corrected chi connectivity index (χ0v) is 18.0. The van der Waals surface area contributed by atoms with Gasteiger partial charge in [0.25, 0.3) is 17.5 Å². The van der Waals surface area contributed by atoms with Crippen molar-refractivity contribution in [1.82, 2.24) is 5.32 Å². The van der Waals surface area contributed by atoms with E-state index < -0.39 is 16.7 Å². The van der Waals surface area contributed by atoms with Gasteiger partial charge in [0, 0.05) is 22.2 Å². The van der Waals surface area contributed by atoms with Gasteiger partial charge in [-0.25, -0.2) is 0 Å². The minimum atomic E-state index is -0.644. The summed E-state index contributed by atoms with van der Waals surface area (Å²) in [5.41, 5.74) is 0.613. The van der Waals surface area contributed by atoms with Crippen molar-refractivity contribution < 1.29 is 14.5 Å². The second kappa shape index (κ2) is 11.3. The lowest BCUT2D eigenvalue weighted by Gasteiger charge is -2.12. The number of nitrogens with one attached hydrogen (secondary N) is 2. The van der Waals surface area contributed by atoms with Gasteiger partial charge in [0.2, 0.25) is 0 Å². The van der Waals surface area contributed by atoms with E-state index in [4.69, 9.17) is 5.26 Å². The van der Waals surface area contributed by atoms with Crippen LogP contribution < -0.4 is 10.6 Å². The quantitative estimate of drug-likeness (QED) is 0.220.